The molecule has 1 aromatic rings. The molecule has 1 atom stereocenters. The first kappa shape index (κ1) is 17.3. The monoisotopic (exact) mass is 317 g/mol. The number of hydrogen-bond donors (Lipinski definition) is 2. The number of nitrogens with zero attached hydrogens (tertiary/aromatic N) is 1. The lowest BCUT2D eigenvalue weighted by atomic mass is 10.1. The van der Waals surface area contributed by atoms with Crippen molar-refractivity contribution in [3.05, 3.63) is 41.5 Å². The first-order chi connectivity index (χ1) is 11.0. The van der Waals surface area contributed by atoms with Gasteiger partial charge < -0.3 is 20.5 Å². The van der Waals surface area contributed by atoms with Gasteiger partial charge in [-0.05, 0) is 31.9 Å². The molecule has 1 aromatic carbocycles. The van der Waals surface area contributed by atoms with Crippen molar-refractivity contribution in [3.8, 4) is 5.75 Å². The lowest BCUT2D eigenvalue weighted by Crippen LogP contribution is -2.32. The quantitative estimate of drug-likeness (QED) is 0.460. The smallest absolute Gasteiger partial charge is 0.189 e. The zero-order valence-electron chi connectivity index (χ0n) is 14.1. The number of guanidine groups is 1. The van der Waals surface area contributed by atoms with Crippen LogP contribution in [-0.2, 0) is 11.3 Å². The lowest BCUT2D eigenvalue weighted by molar-refractivity contribution is 0.166. The summed E-state index contributed by atoms with van der Waals surface area (Å²) in [4.78, 5) is 4.37. The number of rotatable bonds is 7. The van der Waals surface area contributed by atoms with Crippen molar-refractivity contribution in [1.82, 2.24) is 5.32 Å². The number of aryl methyl sites for hydroxylation is 1. The molecule has 0 saturated carbocycles. The number of nitrogens with one attached hydrogen (secondary N) is 1. The van der Waals surface area contributed by atoms with Crippen molar-refractivity contribution in [1.29, 1.82) is 0 Å². The number of ether oxygens (including phenoxy) is 2. The summed E-state index contributed by atoms with van der Waals surface area (Å²) in [6.45, 7) is 11.3. The molecular formula is C18H27N3O2. The molecule has 1 unspecified atom stereocenters. The number of hydrogen-bond acceptors (Lipinski definition) is 3. The van der Waals surface area contributed by atoms with Gasteiger partial charge in [0, 0.05) is 24.6 Å². The van der Waals surface area contributed by atoms with Crippen molar-refractivity contribution >= 4 is 5.96 Å². The predicted molar refractivity (Wildman–Crippen MR) is 93.7 cm³/mol. The lowest BCUT2D eigenvalue weighted by Gasteiger charge is -2.14. The van der Waals surface area contributed by atoms with E-state index in [0.717, 1.165) is 36.5 Å². The molecule has 3 N–H and O–H groups in total. The van der Waals surface area contributed by atoms with E-state index in [1.54, 1.807) is 0 Å². The largest absolute Gasteiger partial charge is 0.493 e. The van der Waals surface area contributed by atoms with Crippen LogP contribution in [0.2, 0.25) is 0 Å². The zero-order valence-corrected chi connectivity index (χ0v) is 14.1. The van der Waals surface area contributed by atoms with E-state index in [-0.39, 0.29) is 0 Å². The Labute approximate surface area is 138 Å². The Hall–Kier alpha value is -2.01. The molecule has 0 aliphatic carbocycles. The Balaban J connectivity index is 1.96. The van der Waals surface area contributed by atoms with E-state index in [1.807, 2.05) is 13.0 Å². The molecule has 5 heteroatoms. The van der Waals surface area contributed by atoms with Gasteiger partial charge in [-0.15, -0.1) is 0 Å². The van der Waals surface area contributed by atoms with Crippen molar-refractivity contribution in [2.75, 3.05) is 26.4 Å². The summed E-state index contributed by atoms with van der Waals surface area (Å²) in [7, 11) is 0. The van der Waals surface area contributed by atoms with Gasteiger partial charge in [0.2, 0.25) is 0 Å². The minimum absolute atomic E-state index is 0.420. The third-order valence-corrected chi connectivity index (χ3v) is 3.71. The molecule has 1 saturated heterocycles. The summed E-state index contributed by atoms with van der Waals surface area (Å²) in [5.41, 5.74) is 9.09. The van der Waals surface area contributed by atoms with Gasteiger partial charge >= 0.3 is 0 Å². The molecule has 1 aliphatic heterocycles. The van der Waals surface area contributed by atoms with Gasteiger partial charge in [-0.25, -0.2) is 4.99 Å². The topological polar surface area (TPSA) is 68.9 Å². The molecule has 126 valence electrons. The van der Waals surface area contributed by atoms with Crippen LogP contribution >= 0.6 is 0 Å². The molecule has 1 aliphatic rings. The second-order valence-corrected chi connectivity index (χ2v) is 6.16. The fourth-order valence-electron chi connectivity index (χ4n) is 2.32. The summed E-state index contributed by atoms with van der Waals surface area (Å²) in [5, 5.41) is 3.03. The molecule has 0 spiro atoms. The van der Waals surface area contributed by atoms with Gasteiger partial charge in [0.05, 0.1) is 19.8 Å². The fourth-order valence-corrected chi connectivity index (χ4v) is 2.32. The molecule has 1 heterocycles. The van der Waals surface area contributed by atoms with Crippen molar-refractivity contribution in [2.45, 2.75) is 26.8 Å². The molecule has 0 radical (unpaired) electrons. The standard InChI is InChI=1S/C18H27N3O2/c1-13(2)9-20-18(19)21-10-16-5-4-14(3)8-17(16)23-12-15-6-7-22-11-15/h4-5,8,15H,1,6-7,9-12H2,2-3H3,(H3,19,20,21). The molecular weight excluding hydrogens is 290 g/mol. The Kier molecular flexibility index (Phi) is 6.47. The maximum absolute atomic E-state index is 6.01. The summed E-state index contributed by atoms with van der Waals surface area (Å²) < 4.78 is 11.4. The van der Waals surface area contributed by atoms with Crippen molar-refractivity contribution in [3.63, 3.8) is 0 Å². The molecule has 5 nitrogen and oxygen atoms in total. The van der Waals surface area contributed by atoms with Crippen LogP contribution in [0.1, 0.15) is 24.5 Å². The molecule has 2 rings (SSSR count). The van der Waals surface area contributed by atoms with Crippen molar-refractivity contribution < 1.29 is 9.47 Å². The van der Waals surface area contributed by atoms with Crippen LogP contribution in [0.3, 0.4) is 0 Å². The maximum atomic E-state index is 6.01. The highest BCUT2D eigenvalue weighted by Crippen LogP contribution is 2.23. The molecule has 23 heavy (non-hydrogen) atoms. The first-order valence-corrected chi connectivity index (χ1v) is 8.03. The summed E-state index contributed by atoms with van der Waals surface area (Å²) in [6.07, 6.45) is 1.07. The van der Waals surface area contributed by atoms with E-state index in [2.05, 4.69) is 35.9 Å². The van der Waals surface area contributed by atoms with Crippen LogP contribution in [0.15, 0.2) is 35.3 Å². The predicted octanol–water partition coefficient (Wildman–Crippen LogP) is 2.39. The zero-order chi connectivity index (χ0) is 16.7. The number of nitrogens with two attached hydrogens (primary N) is 1. The van der Waals surface area contributed by atoms with Gasteiger partial charge in [0.1, 0.15) is 5.75 Å². The van der Waals surface area contributed by atoms with Crippen LogP contribution in [-0.4, -0.2) is 32.3 Å². The third kappa shape index (κ3) is 5.94. The number of aliphatic imine (C=N–C) groups is 1. The highest BCUT2D eigenvalue weighted by Gasteiger charge is 2.17. The average Bonchev–Trinajstić information content (AvgIpc) is 3.03. The minimum atomic E-state index is 0.420. The Morgan fingerprint density at radius 3 is 3.04 bits per heavy atom. The first-order valence-electron chi connectivity index (χ1n) is 8.03. The Morgan fingerprint density at radius 1 is 1.52 bits per heavy atom. The average molecular weight is 317 g/mol. The van der Waals surface area contributed by atoms with E-state index in [4.69, 9.17) is 15.2 Å². The summed E-state index contributed by atoms with van der Waals surface area (Å²) in [5.74, 6) is 1.78. The van der Waals surface area contributed by atoms with Crippen LogP contribution in [0, 0.1) is 12.8 Å². The van der Waals surface area contributed by atoms with E-state index < -0.39 is 0 Å². The fraction of sp³-hybridized carbons (Fsp3) is 0.500. The van der Waals surface area contributed by atoms with Crippen LogP contribution in [0.4, 0.5) is 0 Å². The van der Waals surface area contributed by atoms with Gasteiger partial charge in [-0.1, -0.05) is 24.3 Å². The Morgan fingerprint density at radius 2 is 2.35 bits per heavy atom. The molecule has 0 amide bonds. The van der Waals surface area contributed by atoms with Crippen LogP contribution < -0.4 is 15.8 Å². The van der Waals surface area contributed by atoms with E-state index in [9.17, 15) is 0 Å². The van der Waals surface area contributed by atoms with Crippen LogP contribution in [0.5, 0.6) is 5.75 Å². The minimum Gasteiger partial charge on any atom is -0.493 e. The molecule has 1 fully saturated rings. The summed E-state index contributed by atoms with van der Waals surface area (Å²) >= 11 is 0. The second-order valence-electron chi connectivity index (χ2n) is 6.16. The summed E-state index contributed by atoms with van der Waals surface area (Å²) in [6, 6.07) is 6.16. The second kappa shape index (κ2) is 8.58. The van der Waals surface area contributed by atoms with Crippen molar-refractivity contribution in [2.24, 2.45) is 16.6 Å². The SMILES string of the molecule is C=C(C)CNC(N)=NCc1ccc(C)cc1OCC1CCOC1. The van der Waals surface area contributed by atoms with Gasteiger partial charge in [-0.3, -0.25) is 0 Å². The van der Waals surface area contributed by atoms with Crippen LogP contribution in [0.25, 0.3) is 0 Å². The van der Waals surface area contributed by atoms with Gasteiger partial charge in [0.15, 0.2) is 5.96 Å². The number of benzene rings is 1. The molecule has 0 aromatic heterocycles. The molecule has 0 bridgehead atoms. The van der Waals surface area contributed by atoms with E-state index >= 15 is 0 Å². The van der Waals surface area contributed by atoms with E-state index in [1.165, 1.54) is 5.56 Å². The Bertz CT molecular complexity index is 563. The third-order valence-electron chi connectivity index (χ3n) is 3.71. The highest BCUT2D eigenvalue weighted by molar-refractivity contribution is 5.78. The highest BCUT2D eigenvalue weighted by atomic mass is 16.5. The van der Waals surface area contributed by atoms with Gasteiger partial charge in [0.25, 0.3) is 0 Å². The van der Waals surface area contributed by atoms with E-state index in [0.29, 0.717) is 31.6 Å². The maximum Gasteiger partial charge on any atom is 0.189 e. The van der Waals surface area contributed by atoms with Gasteiger partial charge in [-0.2, -0.15) is 0 Å². The normalized spacial score (nSPS) is 18.0.